The summed E-state index contributed by atoms with van der Waals surface area (Å²) >= 11 is 0. The van der Waals surface area contributed by atoms with E-state index in [1.807, 2.05) is 45.2 Å². The van der Waals surface area contributed by atoms with Crippen molar-refractivity contribution in [3.05, 3.63) is 24.8 Å². The maximum absolute atomic E-state index is 12.2. The van der Waals surface area contributed by atoms with Gasteiger partial charge in [0.25, 0.3) is 0 Å². The third-order valence-electron chi connectivity index (χ3n) is 5.58. The van der Waals surface area contributed by atoms with Crippen molar-refractivity contribution >= 4 is 34.9 Å². The highest BCUT2D eigenvalue weighted by Crippen LogP contribution is 2.37. The summed E-state index contributed by atoms with van der Waals surface area (Å²) in [5, 5.41) is 6.20. The van der Waals surface area contributed by atoms with Crippen molar-refractivity contribution < 1.29 is 14.3 Å². The van der Waals surface area contributed by atoms with E-state index in [-0.39, 0.29) is 5.91 Å². The molecule has 0 aromatic heterocycles. The number of benzene rings is 1. The molecule has 186 valence electrons. The molecule has 1 saturated heterocycles. The Morgan fingerprint density at radius 1 is 1.24 bits per heavy atom. The molecule has 0 saturated carbocycles. The molecule has 2 aliphatic heterocycles. The fourth-order valence-electron chi connectivity index (χ4n) is 3.62. The van der Waals surface area contributed by atoms with Gasteiger partial charge in [-0.25, -0.2) is 4.99 Å². The number of aliphatic imine (C=N–C) groups is 2. The van der Waals surface area contributed by atoms with Crippen molar-refractivity contribution in [2.75, 3.05) is 96.9 Å². The Hall–Kier alpha value is -3.31. The summed E-state index contributed by atoms with van der Waals surface area (Å²) in [6, 6.07) is 3.74. The number of carbonyl (C=O) groups excluding carboxylic acids is 1. The molecule has 0 atom stereocenters. The van der Waals surface area contributed by atoms with E-state index in [1.54, 1.807) is 7.11 Å². The fourth-order valence-corrected chi connectivity index (χ4v) is 3.62. The minimum absolute atomic E-state index is 0.289. The maximum Gasteiger partial charge on any atom is 0.247 e. The first-order valence-electron chi connectivity index (χ1n) is 11.3. The number of guanidine groups is 2. The molecule has 2 heterocycles. The van der Waals surface area contributed by atoms with E-state index in [0.717, 1.165) is 37.8 Å². The molecule has 0 aliphatic carbocycles. The van der Waals surface area contributed by atoms with E-state index in [9.17, 15) is 4.79 Å². The van der Waals surface area contributed by atoms with E-state index in [1.165, 1.54) is 6.08 Å². The molecule has 11 heteroatoms. The van der Waals surface area contributed by atoms with Gasteiger partial charge in [-0.15, -0.1) is 0 Å². The second-order valence-corrected chi connectivity index (χ2v) is 8.45. The third kappa shape index (κ3) is 6.39. The van der Waals surface area contributed by atoms with Gasteiger partial charge in [-0.1, -0.05) is 6.58 Å². The highest BCUT2D eigenvalue weighted by molar-refractivity contribution is 6.06. The minimum Gasteiger partial charge on any atom is -0.494 e. The van der Waals surface area contributed by atoms with E-state index in [2.05, 4.69) is 36.9 Å². The molecule has 1 fully saturated rings. The number of rotatable bonds is 8. The minimum atomic E-state index is -0.289. The van der Waals surface area contributed by atoms with Crippen molar-refractivity contribution in [1.82, 2.24) is 14.7 Å². The summed E-state index contributed by atoms with van der Waals surface area (Å²) in [4.78, 5) is 29.8. The lowest BCUT2D eigenvalue weighted by molar-refractivity contribution is -0.111. The molecule has 0 radical (unpaired) electrons. The molecule has 1 aromatic rings. The van der Waals surface area contributed by atoms with Gasteiger partial charge in [-0.05, 0) is 26.2 Å². The number of morpholine rings is 1. The quantitative estimate of drug-likeness (QED) is 0.545. The molecule has 1 amide bonds. The second-order valence-electron chi connectivity index (χ2n) is 8.45. The third-order valence-corrected chi connectivity index (χ3v) is 5.58. The highest BCUT2D eigenvalue weighted by atomic mass is 16.5. The average molecular weight is 473 g/mol. The monoisotopic (exact) mass is 472 g/mol. The molecular formula is C23H36N8O3. The number of ether oxygens (including phenoxy) is 2. The lowest BCUT2D eigenvalue weighted by atomic mass is 10.2. The SMILES string of the molecule is C=CC(=O)Nc1cc(NC2=NCN(C)C(N3CCOCC3)=N2)c(OC)cc1N(C)CCN(C)C. The number of anilines is 3. The fraction of sp³-hybridized carbons (Fsp3) is 0.522. The molecular weight excluding hydrogens is 436 g/mol. The Balaban J connectivity index is 1.90. The van der Waals surface area contributed by atoms with Crippen LogP contribution in [-0.4, -0.2) is 114 Å². The first kappa shape index (κ1) is 25.3. The van der Waals surface area contributed by atoms with Crippen molar-refractivity contribution in [2.24, 2.45) is 9.98 Å². The van der Waals surface area contributed by atoms with Crippen LogP contribution in [-0.2, 0) is 9.53 Å². The van der Waals surface area contributed by atoms with E-state index in [0.29, 0.717) is 43.0 Å². The van der Waals surface area contributed by atoms with Gasteiger partial charge in [0.2, 0.25) is 17.8 Å². The summed E-state index contributed by atoms with van der Waals surface area (Å²) in [6.45, 7) is 8.60. The Morgan fingerprint density at radius 3 is 2.62 bits per heavy atom. The standard InChI is InChI=1S/C23H36N8O3/c1-7-21(32)25-17-14-18(20(33-6)15-19(17)29(4)9-8-28(2)3)26-22-24-16-30(5)23(27-22)31-10-12-34-13-11-31/h7,14-15H,1,8-13,16H2,2-6H3,(H,24,26)(H,25,32). The van der Waals surface area contributed by atoms with Crippen LogP contribution in [0.15, 0.2) is 34.8 Å². The van der Waals surface area contributed by atoms with Gasteiger partial charge in [0.1, 0.15) is 12.4 Å². The lowest BCUT2D eigenvalue weighted by Crippen LogP contribution is -2.50. The molecule has 34 heavy (non-hydrogen) atoms. The molecule has 0 spiro atoms. The van der Waals surface area contributed by atoms with Crippen LogP contribution in [0.25, 0.3) is 0 Å². The van der Waals surface area contributed by atoms with Crippen LogP contribution in [0, 0.1) is 0 Å². The van der Waals surface area contributed by atoms with Crippen LogP contribution in [0.2, 0.25) is 0 Å². The van der Waals surface area contributed by atoms with Crippen molar-refractivity contribution in [2.45, 2.75) is 0 Å². The van der Waals surface area contributed by atoms with Crippen LogP contribution in [0.4, 0.5) is 17.1 Å². The van der Waals surface area contributed by atoms with Gasteiger partial charge in [0, 0.05) is 46.3 Å². The number of carbonyl (C=O) groups is 1. The molecule has 0 bridgehead atoms. The Kier molecular flexibility index (Phi) is 8.72. The zero-order chi connectivity index (χ0) is 24.7. The van der Waals surface area contributed by atoms with Gasteiger partial charge in [-0.3, -0.25) is 4.79 Å². The Labute approximate surface area is 201 Å². The van der Waals surface area contributed by atoms with Gasteiger partial charge >= 0.3 is 0 Å². The smallest absolute Gasteiger partial charge is 0.247 e. The number of likely N-dealkylation sites (N-methyl/N-ethyl adjacent to an activating group) is 2. The molecule has 2 N–H and O–H groups in total. The van der Waals surface area contributed by atoms with Gasteiger partial charge < -0.3 is 39.7 Å². The van der Waals surface area contributed by atoms with Crippen LogP contribution in [0.1, 0.15) is 0 Å². The Bertz CT molecular complexity index is 940. The van der Waals surface area contributed by atoms with Crippen molar-refractivity contribution in [3.8, 4) is 5.75 Å². The van der Waals surface area contributed by atoms with E-state index in [4.69, 9.17) is 14.5 Å². The molecule has 0 unspecified atom stereocenters. The summed E-state index contributed by atoms with van der Waals surface area (Å²) in [7, 11) is 9.61. The van der Waals surface area contributed by atoms with Gasteiger partial charge in [-0.2, -0.15) is 4.99 Å². The summed E-state index contributed by atoms with van der Waals surface area (Å²) in [5.41, 5.74) is 2.13. The number of hydrogen-bond acceptors (Lipinski definition) is 10. The molecule has 3 rings (SSSR count). The normalized spacial score (nSPS) is 16.1. The number of nitrogens with one attached hydrogen (secondary N) is 2. The first-order chi connectivity index (χ1) is 16.3. The first-order valence-corrected chi connectivity index (χ1v) is 11.3. The van der Waals surface area contributed by atoms with Crippen LogP contribution < -0.4 is 20.3 Å². The van der Waals surface area contributed by atoms with E-state index >= 15 is 0 Å². The predicted molar refractivity (Wildman–Crippen MR) is 137 cm³/mol. The Morgan fingerprint density at radius 2 is 1.97 bits per heavy atom. The number of amides is 1. The zero-order valence-electron chi connectivity index (χ0n) is 20.8. The zero-order valence-corrected chi connectivity index (χ0v) is 20.8. The van der Waals surface area contributed by atoms with Gasteiger partial charge in [0.05, 0.1) is 37.4 Å². The largest absolute Gasteiger partial charge is 0.494 e. The summed E-state index contributed by atoms with van der Waals surface area (Å²) in [6.07, 6.45) is 1.25. The second kappa shape index (κ2) is 11.7. The number of nitrogens with zero attached hydrogens (tertiary/aromatic N) is 6. The topological polar surface area (TPSA) is 97.3 Å². The van der Waals surface area contributed by atoms with E-state index < -0.39 is 0 Å². The molecule has 1 aromatic carbocycles. The van der Waals surface area contributed by atoms with Crippen molar-refractivity contribution in [3.63, 3.8) is 0 Å². The summed E-state index contributed by atoms with van der Waals surface area (Å²) < 4.78 is 11.1. The predicted octanol–water partition coefficient (Wildman–Crippen LogP) is 1.18. The lowest BCUT2D eigenvalue weighted by Gasteiger charge is -2.35. The highest BCUT2D eigenvalue weighted by Gasteiger charge is 2.23. The van der Waals surface area contributed by atoms with Crippen LogP contribution >= 0.6 is 0 Å². The maximum atomic E-state index is 12.2. The summed E-state index contributed by atoms with van der Waals surface area (Å²) in [5.74, 6) is 1.66. The number of methoxy groups -OCH3 is 1. The van der Waals surface area contributed by atoms with Gasteiger partial charge in [0.15, 0.2) is 0 Å². The van der Waals surface area contributed by atoms with Crippen molar-refractivity contribution in [1.29, 1.82) is 0 Å². The van der Waals surface area contributed by atoms with Crippen LogP contribution in [0.5, 0.6) is 5.75 Å². The average Bonchev–Trinajstić information content (AvgIpc) is 2.84. The number of hydrogen-bond donors (Lipinski definition) is 2. The molecule has 2 aliphatic rings. The molecule has 11 nitrogen and oxygen atoms in total. The van der Waals surface area contributed by atoms with Crippen LogP contribution in [0.3, 0.4) is 0 Å².